The van der Waals surface area contributed by atoms with E-state index in [9.17, 15) is 13.2 Å². The van der Waals surface area contributed by atoms with Crippen LogP contribution < -0.4 is 5.32 Å². The van der Waals surface area contributed by atoms with Crippen molar-refractivity contribution in [1.82, 2.24) is 0 Å². The van der Waals surface area contributed by atoms with E-state index in [0.29, 0.717) is 18.0 Å². The normalized spacial score (nSPS) is 11.7. The van der Waals surface area contributed by atoms with Crippen molar-refractivity contribution in [2.24, 2.45) is 0 Å². The molecule has 0 saturated carbocycles. The van der Waals surface area contributed by atoms with E-state index < -0.39 is 11.7 Å². The third-order valence-electron chi connectivity index (χ3n) is 3.08. The van der Waals surface area contributed by atoms with Crippen molar-refractivity contribution in [1.29, 1.82) is 0 Å². The molecule has 0 aliphatic carbocycles. The predicted octanol–water partition coefficient (Wildman–Crippen LogP) is 4.78. The molecule has 2 nitrogen and oxygen atoms in total. The molecular weight excluding hydrogens is 267 g/mol. The fourth-order valence-electron chi connectivity index (χ4n) is 1.88. The first-order valence-electron chi connectivity index (χ1n) is 6.39. The van der Waals surface area contributed by atoms with Crippen LogP contribution in [0, 0.1) is 6.92 Å². The van der Waals surface area contributed by atoms with Gasteiger partial charge in [-0.15, -0.1) is 0 Å². The molecule has 2 aromatic rings. The number of furan rings is 1. The van der Waals surface area contributed by atoms with E-state index in [-0.39, 0.29) is 0 Å². The van der Waals surface area contributed by atoms with Gasteiger partial charge in [0.25, 0.3) is 0 Å². The zero-order valence-electron chi connectivity index (χ0n) is 11.3. The minimum absolute atomic E-state index is 0.363. The molecule has 0 aliphatic rings. The number of alkyl halides is 3. The standard InChI is InChI=1S/C15H16F3NO/c1-3-12-6-7-13(20-12)9-19-14-8-11(15(16,17)18)5-4-10(14)2/h4-8,19H,3,9H2,1-2H3. The number of benzene rings is 1. The van der Waals surface area contributed by atoms with Crippen LogP contribution in [-0.2, 0) is 19.1 Å². The maximum Gasteiger partial charge on any atom is 0.416 e. The Morgan fingerprint density at radius 1 is 1.10 bits per heavy atom. The molecule has 0 fully saturated rings. The van der Waals surface area contributed by atoms with E-state index >= 15 is 0 Å². The average molecular weight is 283 g/mol. The van der Waals surface area contributed by atoms with Gasteiger partial charge in [0, 0.05) is 12.1 Å². The fourth-order valence-corrected chi connectivity index (χ4v) is 1.88. The summed E-state index contributed by atoms with van der Waals surface area (Å²) in [6.45, 7) is 4.11. The van der Waals surface area contributed by atoms with Gasteiger partial charge in [-0.05, 0) is 36.8 Å². The Morgan fingerprint density at radius 3 is 2.40 bits per heavy atom. The molecule has 0 atom stereocenters. The smallest absolute Gasteiger partial charge is 0.416 e. The van der Waals surface area contributed by atoms with Crippen LogP contribution in [0.25, 0.3) is 0 Å². The summed E-state index contributed by atoms with van der Waals surface area (Å²) in [4.78, 5) is 0. The maximum absolute atomic E-state index is 12.7. The lowest BCUT2D eigenvalue weighted by Gasteiger charge is -2.12. The average Bonchev–Trinajstić information content (AvgIpc) is 2.84. The second kappa shape index (κ2) is 5.61. The number of hydrogen-bond donors (Lipinski definition) is 1. The van der Waals surface area contributed by atoms with Gasteiger partial charge in [0.1, 0.15) is 11.5 Å². The lowest BCUT2D eigenvalue weighted by Crippen LogP contribution is -2.07. The van der Waals surface area contributed by atoms with Crippen LogP contribution in [0.2, 0.25) is 0 Å². The van der Waals surface area contributed by atoms with Gasteiger partial charge in [-0.25, -0.2) is 0 Å². The Labute approximate surface area is 115 Å². The van der Waals surface area contributed by atoms with Crippen molar-refractivity contribution in [3.8, 4) is 0 Å². The van der Waals surface area contributed by atoms with E-state index in [4.69, 9.17) is 4.42 Å². The number of nitrogens with one attached hydrogen (secondary N) is 1. The van der Waals surface area contributed by atoms with Gasteiger partial charge in [-0.1, -0.05) is 13.0 Å². The Kier molecular flexibility index (Phi) is 4.06. The van der Waals surface area contributed by atoms with Crippen LogP contribution in [0.5, 0.6) is 0 Å². The van der Waals surface area contributed by atoms with Crippen molar-refractivity contribution in [2.45, 2.75) is 33.0 Å². The van der Waals surface area contributed by atoms with E-state index in [1.54, 1.807) is 6.92 Å². The predicted molar refractivity (Wildman–Crippen MR) is 71.6 cm³/mol. The van der Waals surface area contributed by atoms with Gasteiger partial charge in [0.05, 0.1) is 12.1 Å². The molecule has 0 spiro atoms. The summed E-state index contributed by atoms with van der Waals surface area (Å²) >= 11 is 0. The second-order valence-electron chi connectivity index (χ2n) is 4.60. The van der Waals surface area contributed by atoms with Crippen LogP contribution >= 0.6 is 0 Å². The lowest BCUT2D eigenvalue weighted by atomic mass is 10.1. The largest absolute Gasteiger partial charge is 0.464 e. The van der Waals surface area contributed by atoms with Gasteiger partial charge in [0.15, 0.2) is 0 Å². The van der Waals surface area contributed by atoms with Gasteiger partial charge in [0.2, 0.25) is 0 Å². The summed E-state index contributed by atoms with van der Waals surface area (Å²) in [5.74, 6) is 1.57. The van der Waals surface area contributed by atoms with Crippen LogP contribution in [0.15, 0.2) is 34.7 Å². The molecule has 0 amide bonds. The molecule has 0 aliphatic heterocycles. The third-order valence-corrected chi connectivity index (χ3v) is 3.08. The first kappa shape index (κ1) is 14.5. The van der Waals surface area contributed by atoms with Crippen LogP contribution in [0.3, 0.4) is 0 Å². The molecule has 0 radical (unpaired) electrons. The zero-order valence-corrected chi connectivity index (χ0v) is 11.3. The van der Waals surface area contributed by atoms with Crippen molar-refractivity contribution in [3.05, 3.63) is 53.0 Å². The first-order chi connectivity index (χ1) is 9.40. The number of halogens is 3. The summed E-state index contributed by atoms with van der Waals surface area (Å²) < 4.78 is 43.5. The number of hydrogen-bond acceptors (Lipinski definition) is 2. The van der Waals surface area contributed by atoms with E-state index in [2.05, 4.69) is 5.32 Å². The maximum atomic E-state index is 12.7. The highest BCUT2D eigenvalue weighted by molar-refractivity contribution is 5.53. The van der Waals surface area contributed by atoms with Crippen molar-refractivity contribution < 1.29 is 17.6 Å². The van der Waals surface area contributed by atoms with Crippen molar-refractivity contribution in [2.75, 3.05) is 5.32 Å². The molecule has 0 bridgehead atoms. The fraction of sp³-hybridized carbons (Fsp3) is 0.333. The van der Waals surface area contributed by atoms with Crippen LogP contribution in [-0.4, -0.2) is 0 Å². The van der Waals surface area contributed by atoms with Crippen LogP contribution in [0.4, 0.5) is 18.9 Å². The number of rotatable bonds is 4. The Morgan fingerprint density at radius 2 is 1.80 bits per heavy atom. The second-order valence-corrected chi connectivity index (χ2v) is 4.60. The highest BCUT2D eigenvalue weighted by atomic mass is 19.4. The van der Waals surface area contributed by atoms with Gasteiger partial charge < -0.3 is 9.73 Å². The zero-order chi connectivity index (χ0) is 14.8. The molecule has 5 heteroatoms. The van der Waals surface area contributed by atoms with E-state index in [1.165, 1.54) is 6.07 Å². The quantitative estimate of drug-likeness (QED) is 0.873. The summed E-state index contributed by atoms with van der Waals surface area (Å²) in [5, 5.41) is 2.99. The van der Waals surface area contributed by atoms with Gasteiger partial charge in [-0.3, -0.25) is 0 Å². The van der Waals surface area contributed by atoms with Crippen molar-refractivity contribution in [3.63, 3.8) is 0 Å². The molecule has 0 unspecified atom stereocenters. The SMILES string of the molecule is CCc1ccc(CNc2cc(C(F)(F)F)ccc2C)o1. The minimum Gasteiger partial charge on any atom is -0.464 e. The molecular formula is C15H16F3NO. The molecule has 108 valence electrons. The van der Waals surface area contributed by atoms with Crippen LogP contribution in [0.1, 0.15) is 29.6 Å². The topological polar surface area (TPSA) is 25.2 Å². The first-order valence-corrected chi connectivity index (χ1v) is 6.39. The summed E-state index contributed by atoms with van der Waals surface area (Å²) in [6, 6.07) is 7.37. The van der Waals surface area contributed by atoms with Gasteiger partial charge >= 0.3 is 6.18 Å². The summed E-state index contributed by atoms with van der Waals surface area (Å²) in [5.41, 5.74) is 0.578. The molecule has 1 N–H and O–H groups in total. The monoisotopic (exact) mass is 283 g/mol. The molecule has 1 aromatic carbocycles. The Balaban J connectivity index is 2.12. The lowest BCUT2D eigenvalue weighted by molar-refractivity contribution is -0.137. The molecule has 20 heavy (non-hydrogen) atoms. The molecule has 1 heterocycles. The number of aryl methyl sites for hydroxylation is 2. The highest BCUT2D eigenvalue weighted by Gasteiger charge is 2.30. The molecule has 2 rings (SSSR count). The van der Waals surface area contributed by atoms with E-state index in [0.717, 1.165) is 29.9 Å². The summed E-state index contributed by atoms with van der Waals surface area (Å²) in [7, 11) is 0. The van der Waals surface area contributed by atoms with Gasteiger partial charge in [-0.2, -0.15) is 13.2 Å². The minimum atomic E-state index is -4.33. The third kappa shape index (κ3) is 3.35. The summed E-state index contributed by atoms with van der Waals surface area (Å²) in [6.07, 6.45) is -3.53. The number of anilines is 1. The Bertz CT molecular complexity index is 587. The Hall–Kier alpha value is -1.91. The van der Waals surface area contributed by atoms with Crippen molar-refractivity contribution >= 4 is 5.69 Å². The van der Waals surface area contributed by atoms with E-state index in [1.807, 2.05) is 19.1 Å². The molecule has 1 aromatic heterocycles. The molecule has 0 saturated heterocycles. The highest BCUT2D eigenvalue weighted by Crippen LogP contribution is 2.32.